The molecular formula is C13H25ClN2O2. The summed E-state index contributed by atoms with van der Waals surface area (Å²) < 4.78 is 5.58. The average Bonchev–Trinajstić information content (AvgIpc) is 2.81. The summed E-state index contributed by atoms with van der Waals surface area (Å²) >= 11 is 0. The molecule has 0 bridgehead atoms. The third-order valence-electron chi connectivity index (χ3n) is 3.96. The number of hydrogen-bond acceptors (Lipinski definition) is 3. The lowest BCUT2D eigenvalue weighted by Crippen LogP contribution is -2.50. The van der Waals surface area contributed by atoms with Crippen molar-refractivity contribution >= 4 is 18.3 Å². The molecular weight excluding hydrogens is 252 g/mol. The van der Waals surface area contributed by atoms with Crippen LogP contribution in [0.1, 0.15) is 32.6 Å². The van der Waals surface area contributed by atoms with Gasteiger partial charge in [-0.15, -0.1) is 12.4 Å². The van der Waals surface area contributed by atoms with Crippen molar-refractivity contribution in [3.05, 3.63) is 0 Å². The van der Waals surface area contributed by atoms with E-state index in [0.29, 0.717) is 0 Å². The van der Waals surface area contributed by atoms with Crippen molar-refractivity contribution < 1.29 is 9.53 Å². The number of carbonyl (C=O) groups is 1. The Bertz CT molecular complexity index is 274. The topological polar surface area (TPSA) is 41.6 Å². The first kappa shape index (κ1) is 15.7. The minimum Gasteiger partial charge on any atom is -0.376 e. The number of carbonyl (C=O) groups excluding carboxylic acids is 1. The summed E-state index contributed by atoms with van der Waals surface area (Å²) in [6, 6.07) is 0. The third kappa shape index (κ3) is 3.59. The van der Waals surface area contributed by atoms with Crippen LogP contribution in [0.15, 0.2) is 0 Å². The lowest BCUT2D eigenvalue weighted by molar-refractivity contribution is -0.142. The smallest absolute Gasteiger partial charge is 0.229 e. The summed E-state index contributed by atoms with van der Waals surface area (Å²) in [5.74, 6) is 0.264. The Morgan fingerprint density at radius 1 is 1.50 bits per heavy atom. The average molecular weight is 277 g/mol. The zero-order chi connectivity index (χ0) is 12.3. The summed E-state index contributed by atoms with van der Waals surface area (Å²) in [7, 11) is 1.91. The SMILES string of the molecule is CN(CC1CCCO1)C(=O)C1(C)CCCNC1.Cl. The van der Waals surface area contributed by atoms with Crippen LogP contribution >= 0.6 is 12.4 Å². The van der Waals surface area contributed by atoms with Crippen molar-refractivity contribution in [2.24, 2.45) is 5.41 Å². The van der Waals surface area contributed by atoms with E-state index in [1.54, 1.807) is 0 Å². The van der Waals surface area contributed by atoms with E-state index in [1.807, 2.05) is 11.9 Å². The maximum atomic E-state index is 12.4. The molecule has 0 aromatic carbocycles. The van der Waals surface area contributed by atoms with Crippen LogP contribution in [0.25, 0.3) is 0 Å². The van der Waals surface area contributed by atoms with E-state index in [1.165, 1.54) is 0 Å². The molecule has 1 N–H and O–H groups in total. The highest BCUT2D eigenvalue weighted by Crippen LogP contribution is 2.28. The van der Waals surface area contributed by atoms with E-state index < -0.39 is 0 Å². The Kier molecular flexibility index (Phi) is 5.89. The van der Waals surface area contributed by atoms with Crippen molar-refractivity contribution in [1.82, 2.24) is 10.2 Å². The number of halogens is 1. The van der Waals surface area contributed by atoms with Crippen LogP contribution in [0.3, 0.4) is 0 Å². The molecule has 18 heavy (non-hydrogen) atoms. The normalized spacial score (nSPS) is 31.8. The van der Waals surface area contributed by atoms with Gasteiger partial charge in [-0.1, -0.05) is 0 Å². The molecule has 0 aromatic heterocycles. The number of nitrogens with one attached hydrogen (secondary N) is 1. The van der Waals surface area contributed by atoms with Gasteiger partial charge in [-0.2, -0.15) is 0 Å². The first-order chi connectivity index (χ1) is 8.12. The molecule has 0 saturated carbocycles. The monoisotopic (exact) mass is 276 g/mol. The highest BCUT2D eigenvalue weighted by molar-refractivity contribution is 5.85. The number of hydrogen-bond donors (Lipinski definition) is 1. The molecule has 2 aliphatic heterocycles. The fourth-order valence-corrected chi connectivity index (χ4v) is 2.88. The highest BCUT2D eigenvalue weighted by atomic mass is 35.5. The van der Waals surface area contributed by atoms with Gasteiger partial charge >= 0.3 is 0 Å². The van der Waals surface area contributed by atoms with E-state index in [2.05, 4.69) is 12.2 Å². The van der Waals surface area contributed by atoms with Crippen LogP contribution in [0.4, 0.5) is 0 Å². The molecule has 4 nitrogen and oxygen atoms in total. The lowest BCUT2D eigenvalue weighted by atomic mass is 9.81. The van der Waals surface area contributed by atoms with Gasteiger partial charge in [0.2, 0.25) is 5.91 Å². The number of rotatable bonds is 3. The van der Waals surface area contributed by atoms with Crippen molar-refractivity contribution in [1.29, 1.82) is 0 Å². The second kappa shape index (κ2) is 6.73. The van der Waals surface area contributed by atoms with E-state index in [9.17, 15) is 4.79 Å². The maximum absolute atomic E-state index is 12.4. The zero-order valence-electron chi connectivity index (χ0n) is 11.4. The van der Waals surface area contributed by atoms with Crippen molar-refractivity contribution in [2.45, 2.75) is 38.7 Å². The predicted molar refractivity (Wildman–Crippen MR) is 74.1 cm³/mol. The van der Waals surface area contributed by atoms with E-state index in [4.69, 9.17) is 4.74 Å². The zero-order valence-corrected chi connectivity index (χ0v) is 12.2. The molecule has 2 fully saturated rings. The molecule has 5 heteroatoms. The maximum Gasteiger partial charge on any atom is 0.229 e. The van der Waals surface area contributed by atoms with Gasteiger partial charge < -0.3 is 15.0 Å². The van der Waals surface area contributed by atoms with Gasteiger partial charge in [0.1, 0.15) is 0 Å². The first-order valence-corrected chi connectivity index (χ1v) is 6.70. The number of amides is 1. The molecule has 2 aliphatic rings. The number of nitrogens with zero attached hydrogens (tertiary/aromatic N) is 1. The van der Waals surface area contributed by atoms with Gasteiger partial charge in [0, 0.05) is 26.7 Å². The molecule has 2 atom stereocenters. The quantitative estimate of drug-likeness (QED) is 0.848. The largest absolute Gasteiger partial charge is 0.376 e. The summed E-state index contributed by atoms with van der Waals surface area (Å²) in [5, 5.41) is 3.33. The predicted octanol–water partition coefficient (Wildman–Crippen LogP) is 1.44. The van der Waals surface area contributed by atoms with Crippen LogP contribution in [0.5, 0.6) is 0 Å². The Labute approximate surface area is 116 Å². The summed E-state index contributed by atoms with van der Waals surface area (Å²) in [6.07, 6.45) is 4.56. The molecule has 2 saturated heterocycles. The molecule has 2 heterocycles. The second-order valence-electron chi connectivity index (χ2n) is 5.66. The summed E-state index contributed by atoms with van der Waals surface area (Å²) in [5.41, 5.74) is -0.217. The van der Waals surface area contributed by atoms with Crippen LogP contribution < -0.4 is 5.32 Å². The van der Waals surface area contributed by atoms with Crippen LogP contribution in [-0.4, -0.2) is 50.2 Å². The van der Waals surface area contributed by atoms with E-state index in [0.717, 1.165) is 51.9 Å². The molecule has 0 aromatic rings. The van der Waals surface area contributed by atoms with Crippen LogP contribution in [-0.2, 0) is 9.53 Å². The van der Waals surface area contributed by atoms with E-state index in [-0.39, 0.29) is 29.8 Å². The van der Waals surface area contributed by atoms with Gasteiger partial charge in [-0.3, -0.25) is 4.79 Å². The van der Waals surface area contributed by atoms with Gasteiger partial charge in [0.25, 0.3) is 0 Å². The van der Waals surface area contributed by atoms with Gasteiger partial charge in [-0.25, -0.2) is 0 Å². The molecule has 2 rings (SSSR count). The fourth-order valence-electron chi connectivity index (χ4n) is 2.88. The fraction of sp³-hybridized carbons (Fsp3) is 0.923. The summed E-state index contributed by atoms with van der Waals surface area (Å²) in [6.45, 7) is 5.52. The van der Waals surface area contributed by atoms with Gasteiger partial charge in [0.05, 0.1) is 11.5 Å². The van der Waals surface area contributed by atoms with Gasteiger partial charge in [-0.05, 0) is 39.2 Å². The molecule has 106 valence electrons. The van der Waals surface area contributed by atoms with Crippen LogP contribution in [0.2, 0.25) is 0 Å². The van der Waals surface area contributed by atoms with Gasteiger partial charge in [0.15, 0.2) is 0 Å². The minimum atomic E-state index is -0.217. The second-order valence-corrected chi connectivity index (χ2v) is 5.66. The first-order valence-electron chi connectivity index (χ1n) is 6.70. The molecule has 0 spiro atoms. The Hall–Kier alpha value is -0.320. The van der Waals surface area contributed by atoms with Crippen molar-refractivity contribution in [3.63, 3.8) is 0 Å². The number of likely N-dealkylation sites (N-methyl/N-ethyl adjacent to an activating group) is 1. The Morgan fingerprint density at radius 2 is 2.28 bits per heavy atom. The van der Waals surface area contributed by atoms with Crippen molar-refractivity contribution in [2.75, 3.05) is 33.3 Å². The molecule has 1 amide bonds. The Morgan fingerprint density at radius 3 is 2.83 bits per heavy atom. The van der Waals surface area contributed by atoms with E-state index >= 15 is 0 Å². The number of ether oxygens (including phenoxy) is 1. The standard InChI is InChI=1S/C13H24N2O2.ClH/c1-13(6-4-7-14-10-13)12(16)15(2)9-11-5-3-8-17-11;/h11,14H,3-10H2,1-2H3;1H. The molecule has 0 radical (unpaired) electrons. The van der Waals surface area contributed by atoms with Crippen molar-refractivity contribution in [3.8, 4) is 0 Å². The number of piperidine rings is 1. The summed E-state index contributed by atoms with van der Waals surface area (Å²) in [4.78, 5) is 14.3. The Balaban J connectivity index is 0.00000162. The molecule has 0 aliphatic carbocycles. The lowest BCUT2D eigenvalue weighted by Gasteiger charge is -2.36. The third-order valence-corrected chi connectivity index (χ3v) is 3.96. The highest BCUT2D eigenvalue weighted by Gasteiger charge is 2.37. The minimum absolute atomic E-state index is 0. The van der Waals surface area contributed by atoms with Crippen LogP contribution in [0, 0.1) is 5.41 Å². The molecule has 2 unspecified atom stereocenters.